The molecule has 0 spiro atoms. The van der Waals surface area contributed by atoms with Gasteiger partial charge in [0.1, 0.15) is 22.9 Å². The van der Waals surface area contributed by atoms with E-state index in [2.05, 4.69) is 20.5 Å². The van der Waals surface area contributed by atoms with E-state index in [4.69, 9.17) is 20.2 Å². The fourth-order valence-electron chi connectivity index (χ4n) is 4.29. The van der Waals surface area contributed by atoms with Crippen molar-refractivity contribution < 1.29 is 9.47 Å². The number of nitrogens with one attached hydrogen (secondary N) is 1. The Hall–Kier alpha value is -4.25. The summed E-state index contributed by atoms with van der Waals surface area (Å²) in [6.45, 7) is 3.68. The molecule has 0 atom stereocenters. The molecule has 4 heterocycles. The van der Waals surface area contributed by atoms with Crippen LogP contribution in [0.4, 0.5) is 5.82 Å². The first-order valence-electron chi connectivity index (χ1n) is 11.7. The first-order chi connectivity index (χ1) is 17.5. The number of nitrogens with two attached hydrogens (primary N) is 1. The minimum atomic E-state index is -0.278. The molecule has 36 heavy (non-hydrogen) atoms. The lowest BCUT2D eigenvalue weighted by molar-refractivity contribution is 0.343. The van der Waals surface area contributed by atoms with E-state index in [1.807, 2.05) is 10.9 Å². The molecule has 3 N–H and O–H groups in total. The van der Waals surface area contributed by atoms with Crippen LogP contribution in [-0.2, 0) is 0 Å². The molecule has 5 rings (SSSR count). The highest BCUT2D eigenvalue weighted by Gasteiger charge is 2.19. The number of anilines is 1. The van der Waals surface area contributed by atoms with Crippen LogP contribution < -0.4 is 26.1 Å². The van der Waals surface area contributed by atoms with E-state index < -0.39 is 0 Å². The molecule has 0 saturated carbocycles. The molecule has 186 valence electrons. The monoisotopic (exact) mass is 488 g/mol. The molecule has 11 heteroatoms. The summed E-state index contributed by atoms with van der Waals surface area (Å²) < 4.78 is 14.0. The van der Waals surface area contributed by atoms with Gasteiger partial charge in [-0.2, -0.15) is 14.9 Å². The normalized spacial score (nSPS) is 14.1. The number of nitrogen functional groups attached to an aromatic ring is 1. The molecule has 0 aliphatic carbocycles. The third kappa shape index (κ3) is 4.52. The minimum Gasteiger partial charge on any atom is -0.497 e. The number of hydrogen-bond acceptors (Lipinski definition) is 9. The number of piperidine rings is 1. The second kappa shape index (κ2) is 9.78. The number of nitrogens with zero attached hydrogens (tertiary/aromatic N) is 6. The molecule has 0 amide bonds. The number of methoxy groups -OCH3 is 2. The van der Waals surface area contributed by atoms with E-state index in [9.17, 15) is 4.79 Å². The van der Waals surface area contributed by atoms with Crippen LogP contribution in [0.3, 0.4) is 0 Å². The third-order valence-corrected chi connectivity index (χ3v) is 6.29. The summed E-state index contributed by atoms with van der Waals surface area (Å²) in [4.78, 5) is 22.1. The fourth-order valence-corrected chi connectivity index (χ4v) is 4.29. The van der Waals surface area contributed by atoms with Gasteiger partial charge in [-0.15, -0.1) is 0 Å². The number of hydrogen-bond donors (Lipinski definition) is 2. The van der Waals surface area contributed by atoms with E-state index in [0.717, 1.165) is 31.5 Å². The Kier molecular flexibility index (Phi) is 6.38. The van der Waals surface area contributed by atoms with Crippen LogP contribution >= 0.6 is 0 Å². The van der Waals surface area contributed by atoms with E-state index in [0.29, 0.717) is 45.9 Å². The number of benzene rings is 1. The van der Waals surface area contributed by atoms with Crippen molar-refractivity contribution in [2.24, 2.45) is 0 Å². The largest absolute Gasteiger partial charge is 0.497 e. The summed E-state index contributed by atoms with van der Waals surface area (Å²) in [7, 11) is 3.09. The molecule has 1 saturated heterocycles. The highest BCUT2D eigenvalue weighted by atomic mass is 16.5. The minimum absolute atomic E-state index is 0.213. The lowest BCUT2D eigenvalue weighted by atomic mass is 10.1. The maximum absolute atomic E-state index is 13.0. The number of ether oxygens (including phenoxy) is 2. The van der Waals surface area contributed by atoms with E-state index in [1.165, 1.54) is 4.68 Å². The van der Waals surface area contributed by atoms with Gasteiger partial charge in [0.05, 0.1) is 44.0 Å². The molecule has 0 radical (unpaired) electrons. The lowest BCUT2D eigenvalue weighted by Gasteiger charge is -2.22. The van der Waals surface area contributed by atoms with Gasteiger partial charge >= 0.3 is 0 Å². The van der Waals surface area contributed by atoms with Crippen molar-refractivity contribution in [1.29, 1.82) is 0 Å². The second-order valence-electron chi connectivity index (χ2n) is 8.68. The fraction of sp³-hybridized carbons (Fsp3) is 0.320. The van der Waals surface area contributed by atoms with Gasteiger partial charge in [-0.05, 0) is 38.9 Å². The van der Waals surface area contributed by atoms with Crippen LogP contribution in [-0.4, -0.2) is 56.8 Å². The Balaban J connectivity index is 1.56. The summed E-state index contributed by atoms with van der Waals surface area (Å²) in [6.07, 6.45) is 7.45. The molecule has 11 nitrogen and oxygen atoms in total. The van der Waals surface area contributed by atoms with Crippen molar-refractivity contribution in [2.75, 3.05) is 33.0 Å². The molecule has 1 aromatic carbocycles. The molecule has 1 fully saturated rings. The zero-order valence-electron chi connectivity index (χ0n) is 20.4. The lowest BCUT2D eigenvalue weighted by Crippen LogP contribution is -2.29. The van der Waals surface area contributed by atoms with Crippen molar-refractivity contribution in [3.05, 3.63) is 58.8 Å². The zero-order valence-corrected chi connectivity index (χ0v) is 20.4. The molecule has 1 aliphatic heterocycles. The Morgan fingerprint density at radius 1 is 1.03 bits per heavy atom. The van der Waals surface area contributed by atoms with Crippen molar-refractivity contribution in [1.82, 2.24) is 34.8 Å². The van der Waals surface area contributed by atoms with Crippen LogP contribution in [0, 0.1) is 6.92 Å². The van der Waals surface area contributed by atoms with Gasteiger partial charge in [0.2, 0.25) is 0 Å². The molecule has 0 bridgehead atoms. The average Bonchev–Trinajstić information content (AvgIpc) is 3.41. The Morgan fingerprint density at radius 3 is 2.44 bits per heavy atom. The van der Waals surface area contributed by atoms with Gasteiger partial charge in [0.25, 0.3) is 5.56 Å². The highest BCUT2D eigenvalue weighted by Crippen LogP contribution is 2.28. The quantitative estimate of drug-likeness (QED) is 0.419. The zero-order chi connectivity index (χ0) is 25.2. The van der Waals surface area contributed by atoms with E-state index in [-0.39, 0.29) is 11.4 Å². The molecule has 4 aromatic rings. The van der Waals surface area contributed by atoms with Gasteiger partial charge < -0.3 is 20.5 Å². The average molecular weight is 489 g/mol. The van der Waals surface area contributed by atoms with Crippen LogP contribution in [0.2, 0.25) is 0 Å². The number of rotatable bonds is 6. The molecular formula is C25H28N8O3. The first kappa shape index (κ1) is 23.5. The maximum atomic E-state index is 13.0. The maximum Gasteiger partial charge on any atom is 0.274 e. The Morgan fingerprint density at radius 2 is 1.75 bits per heavy atom. The predicted molar refractivity (Wildman–Crippen MR) is 135 cm³/mol. The highest BCUT2D eigenvalue weighted by molar-refractivity contribution is 5.70. The smallest absolute Gasteiger partial charge is 0.274 e. The Labute approximate surface area is 207 Å². The topological polar surface area (TPSA) is 135 Å². The van der Waals surface area contributed by atoms with Crippen molar-refractivity contribution >= 4 is 5.82 Å². The number of aromatic nitrogens is 6. The molecule has 0 unspecified atom stereocenters. The van der Waals surface area contributed by atoms with Crippen LogP contribution in [0.1, 0.15) is 24.4 Å². The summed E-state index contributed by atoms with van der Waals surface area (Å²) in [5.41, 5.74) is 9.18. The number of aryl methyl sites for hydroxylation is 1. The van der Waals surface area contributed by atoms with Crippen molar-refractivity contribution in [3.8, 4) is 39.8 Å². The summed E-state index contributed by atoms with van der Waals surface area (Å²) in [6, 6.07) is 7.16. The van der Waals surface area contributed by atoms with Gasteiger partial charge in [-0.1, -0.05) is 0 Å². The van der Waals surface area contributed by atoms with Crippen molar-refractivity contribution in [3.63, 3.8) is 0 Å². The SMILES string of the molecule is COc1cc(OC)cc(-n2nc(-c3nc(-c4cnn(C5CCNCC5)c4)cnc3N)cc(C)c2=O)c1. The van der Waals surface area contributed by atoms with Crippen LogP contribution in [0.15, 0.2) is 47.7 Å². The summed E-state index contributed by atoms with van der Waals surface area (Å²) in [5.74, 6) is 1.28. The van der Waals surface area contributed by atoms with Crippen LogP contribution in [0.25, 0.3) is 28.3 Å². The summed E-state index contributed by atoms with van der Waals surface area (Å²) in [5, 5.41) is 12.5. The standard InChI is InChI=1S/C25H28N8O3/c1-15-8-21(31-33(25(15)34)18-9-19(35-2)11-20(10-18)36-3)23-24(26)28-13-22(30-23)16-12-29-32(14-16)17-4-6-27-7-5-17/h8-14,17,27H,4-7H2,1-3H3,(H2,26,28). The first-order valence-corrected chi connectivity index (χ1v) is 11.7. The Bertz CT molecular complexity index is 1430. The second-order valence-corrected chi connectivity index (χ2v) is 8.68. The molecule has 1 aliphatic rings. The van der Waals surface area contributed by atoms with Gasteiger partial charge in [0.15, 0.2) is 5.82 Å². The van der Waals surface area contributed by atoms with Gasteiger partial charge in [-0.25, -0.2) is 9.97 Å². The molecular weight excluding hydrogens is 460 g/mol. The third-order valence-electron chi connectivity index (χ3n) is 6.29. The predicted octanol–water partition coefficient (Wildman–Crippen LogP) is 2.39. The van der Waals surface area contributed by atoms with Gasteiger partial charge in [-0.3, -0.25) is 9.48 Å². The van der Waals surface area contributed by atoms with Gasteiger partial charge in [0, 0.05) is 35.5 Å². The molecule has 3 aromatic heterocycles. The van der Waals surface area contributed by atoms with Crippen LogP contribution in [0.5, 0.6) is 11.5 Å². The van der Waals surface area contributed by atoms with E-state index in [1.54, 1.807) is 57.8 Å². The van der Waals surface area contributed by atoms with Crippen molar-refractivity contribution in [2.45, 2.75) is 25.8 Å². The van der Waals surface area contributed by atoms with E-state index >= 15 is 0 Å². The summed E-state index contributed by atoms with van der Waals surface area (Å²) >= 11 is 0.